The number of carboxylic acid groups (broad SMARTS) is 1. The van der Waals surface area contributed by atoms with Crippen LogP contribution in [0.3, 0.4) is 0 Å². The molecular formula is C27H32F2N2O5. The Balaban J connectivity index is 1.40. The van der Waals surface area contributed by atoms with Crippen molar-refractivity contribution >= 4 is 17.3 Å². The van der Waals surface area contributed by atoms with Gasteiger partial charge in [-0.2, -0.15) is 0 Å². The number of carbonyl (C=O) groups is 1. The van der Waals surface area contributed by atoms with Gasteiger partial charge in [0.25, 0.3) is 0 Å². The van der Waals surface area contributed by atoms with Gasteiger partial charge in [0.15, 0.2) is 11.6 Å². The van der Waals surface area contributed by atoms with Crippen LogP contribution in [0.25, 0.3) is 0 Å². The number of halogens is 2. The van der Waals surface area contributed by atoms with E-state index in [9.17, 15) is 14.3 Å². The largest absolute Gasteiger partial charge is 0.494 e. The highest BCUT2D eigenvalue weighted by Crippen LogP contribution is 2.35. The molecule has 36 heavy (non-hydrogen) atoms. The third-order valence-electron chi connectivity index (χ3n) is 6.78. The Labute approximate surface area is 209 Å². The molecule has 0 saturated carbocycles. The lowest BCUT2D eigenvalue weighted by atomic mass is 10.0. The molecule has 0 bridgehead atoms. The molecule has 2 aliphatic heterocycles. The zero-order valence-electron chi connectivity index (χ0n) is 20.6. The van der Waals surface area contributed by atoms with Crippen LogP contribution in [0.4, 0.5) is 20.2 Å². The molecule has 2 aromatic carbocycles. The van der Waals surface area contributed by atoms with Gasteiger partial charge in [-0.25, -0.2) is 8.78 Å². The molecule has 1 N–H and O–H groups in total. The highest BCUT2D eigenvalue weighted by molar-refractivity contribution is 5.70. The molecule has 9 heteroatoms. The Bertz CT molecular complexity index is 1100. The molecule has 4 rings (SSSR count). The van der Waals surface area contributed by atoms with Crippen molar-refractivity contribution in [1.82, 2.24) is 0 Å². The molecule has 0 unspecified atom stereocenters. The molecule has 2 aromatic rings. The number of hydrogen-bond acceptors (Lipinski definition) is 6. The van der Waals surface area contributed by atoms with E-state index in [1.165, 1.54) is 12.1 Å². The van der Waals surface area contributed by atoms with Crippen LogP contribution in [0.1, 0.15) is 26.2 Å². The second-order valence-corrected chi connectivity index (χ2v) is 9.03. The number of aliphatic carboxylic acids is 1. The molecule has 2 atom stereocenters. The fourth-order valence-electron chi connectivity index (χ4n) is 4.91. The van der Waals surface area contributed by atoms with Gasteiger partial charge in [0.05, 0.1) is 30.9 Å². The molecule has 0 radical (unpaired) electrons. The summed E-state index contributed by atoms with van der Waals surface area (Å²) in [4.78, 5) is 15.1. The van der Waals surface area contributed by atoms with Gasteiger partial charge >= 0.3 is 5.97 Å². The van der Waals surface area contributed by atoms with E-state index in [0.717, 1.165) is 0 Å². The monoisotopic (exact) mass is 502 g/mol. The zero-order valence-corrected chi connectivity index (χ0v) is 20.6. The number of benzene rings is 2. The third kappa shape index (κ3) is 5.56. The normalized spacial score (nSPS) is 20.6. The summed E-state index contributed by atoms with van der Waals surface area (Å²) in [5.41, 5.74) is 1.70. The van der Waals surface area contributed by atoms with Crippen LogP contribution >= 0.6 is 0 Å². The summed E-state index contributed by atoms with van der Waals surface area (Å²) in [6, 6.07) is 8.90. The van der Waals surface area contributed by atoms with Crippen molar-refractivity contribution in [2.75, 3.05) is 43.2 Å². The molecule has 2 heterocycles. The van der Waals surface area contributed by atoms with Crippen molar-refractivity contribution < 1.29 is 32.9 Å². The second-order valence-electron chi connectivity index (χ2n) is 9.03. The Hall–Kier alpha value is -3.33. The van der Waals surface area contributed by atoms with Crippen LogP contribution in [-0.4, -0.2) is 62.7 Å². The predicted octanol–water partition coefficient (Wildman–Crippen LogP) is 4.65. The molecule has 0 aromatic heterocycles. The molecule has 0 amide bonds. The number of rotatable bonds is 9. The van der Waals surface area contributed by atoms with Gasteiger partial charge < -0.3 is 29.1 Å². The summed E-state index contributed by atoms with van der Waals surface area (Å²) in [5.74, 6) is -1.03. The van der Waals surface area contributed by atoms with Crippen LogP contribution in [0.2, 0.25) is 0 Å². The Morgan fingerprint density at radius 2 is 1.89 bits per heavy atom. The van der Waals surface area contributed by atoms with Crippen LogP contribution < -0.4 is 19.3 Å². The first kappa shape index (κ1) is 25.8. The quantitative estimate of drug-likeness (QED) is 0.501. The summed E-state index contributed by atoms with van der Waals surface area (Å²) >= 11 is 0. The lowest BCUT2D eigenvalue weighted by Crippen LogP contribution is -2.38. The molecule has 2 aliphatic rings. The minimum absolute atomic E-state index is 0.137. The summed E-state index contributed by atoms with van der Waals surface area (Å²) < 4.78 is 46.3. The van der Waals surface area contributed by atoms with E-state index in [-0.39, 0.29) is 30.2 Å². The molecule has 7 nitrogen and oxygen atoms in total. The molecule has 194 valence electrons. The van der Waals surface area contributed by atoms with Crippen molar-refractivity contribution in [3.63, 3.8) is 0 Å². The Kier molecular flexibility index (Phi) is 7.98. The van der Waals surface area contributed by atoms with Crippen LogP contribution in [0.15, 0.2) is 48.6 Å². The second kappa shape index (κ2) is 11.2. The maximum Gasteiger partial charge on any atom is 0.305 e. The first-order chi connectivity index (χ1) is 17.3. The van der Waals surface area contributed by atoms with Crippen LogP contribution in [0, 0.1) is 11.6 Å². The lowest BCUT2D eigenvalue weighted by Gasteiger charge is -2.34. The van der Waals surface area contributed by atoms with Gasteiger partial charge in [0.1, 0.15) is 17.7 Å². The van der Waals surface area contributed by atoms with E-state index in [1.54, 1.807) is 36.3 Å². The molecule has 2 fully saturated rings. The molecule has 0 spiro atoms. The number of anilines is 2. The molecule has 0 aliphatic carbocycles. The van der Waals surface area contributed by atoms with Crippen molar-refractivity contribution in [1.29, 1.82) is 0 Å². The summed E-state index contributed by atoms with van der Waals surface area (Å²) in [7, 11) is 1.55. The average molecular weight is 503 g/mol. The van der Waals surface area contributed by atoms with Gasteiger partial charge in [-0.3, -0.25) is 4.79 Å². The van der Waals surface area contributed by atoms with Gasteiger partial charge in [-0.1, -0.05) is 6.58 Å². The van der Waals surface area contributed by atoms with Gasteiger partial charge in [0.2, 0.25) is 0 Å². The van der Waals surface area contributed by atoms with Crippen molar-refractivity contribution in [2.45, 2.75) is 44.4 Å². The first-order valence-electron chi connectivity index (χ1n) is 12.1. The maximum atomic E-state index is 15.0. The van der Waals surface area contributed by atoms with Crippen molar-refractivity contribution in [3.8, 4) is 11.5 Å². The van der Waals surface area contributed by atoms with Crippen LogP contribution in [-0.2, 0) is 9.53 Å². The summed E-state index contributed by atoms with van der Waals surface area (Å²) in [6.45, 7) is 7.92. The van der Waals surface area contributed by atoms with E-state index in [1.807, 2.05) is 11.8 Å². The van der Waals surface area contributed by atoms with E-state index in [0.29, 0.717) is 61.8 Å². The summed E-state index contributed by atoms with van der Waals surface area (Å²) in [6.07, 6.45) is 0.552. The van der Waals surface area contributed by atoms with Gasteiger partial charge in [-0.05, 0) is 36.8 Å². The topological polar surface area (TPSA) is 71.5 Å². The standard InChI is InChI=1S/C27H32F2N2O5/c1-4-35-20-6-7-21(28)24(14-20)30-11-9-19(10-12-30)36-25-8-5-18(13-22(25)29)31-16-26(34-3)17(2)23(31)15-27(32)33/h5-8,13-14,19,23,26H,2,4,9-12,15-16H2,1,3H3,(H,32,33)/t23-,26-/m0/s1. The van der Waals surface area contributed by atoms with Crippen molar-refractivity contribution in [3.05, 3.63) is 60.2 Å². The number of ether oxygens (including phenoxy) is 3. The Morgan fingerprint density at radius 3 is 2.53 bits per heavy atom. The highest BCUT2D eigenvalue weighted by Gasteiger charge is 2.37. The van der Waals surface area contributed by atoms with Crippen LogP contribution in [0.5, 0.6) is 11.5 Å². The third-order valence-corrected chi connectivity index (χ3v) is 6.78. The number of piperidine rings is 1. The number of nitrogens with zero attached hydrogens (tertiary/aromatic N) is 2. The zero-order chi connectivity index (χ0) is 25.8. The van der Waals surface area contributed by atoms with Gasteiger partial charge in [-0.15, -0.1) is 0 Å². The molecular weight excluding hydrogens is 470 g/mol. The predicted molar refractivity (Wildman–Crippen MR) is 133 cm³/mol. The minimum Gasteiger partial charge on any atom is -0.494 e. The number of carboxylic acids is 1. The SMILES string of the molecule is C=C1[C@@H](OC)CN(c2ccc(OC3CCN(c4cc(OCC)ccc4F)CC3)c(F)c2)[C@H]1CC(=O)O. The smallest absolute Gasteiger partial charge is 0.305 e. The van der Waals surface area contributed by atoms with E-state index < -0.39 is 17.8 Å². The minimum atomic E-state index is -0.959. The Morgan fingerprint density at radius 1 is 1.14 bits per heavy atom. The summed E-state index contributed by atoms with van der Waals surface area (Å²) in [5, 5.41) is 9.31. The average Bonchev–Trinajstić information content (AvgIpc) is 3.17. The first-order valence-corrected chi connectivity index (χ1v) is 12.1. The van der Waals surface area contributed by atoms with E-state index in [4.69, 9.17) is 14.2 Å². The maximum absolute atomic E-state index is 15.0. The number of hydrogen-bond donors (Lipinski definition) is 1. The van der Waals surface area contributed by atoms with E-state index >= 15 is 4.39 Å². The lowest BCUT2D eigenvalue weighted by molar-refractivity contribution is -0.137. The fourth-order valence-corrected chi connectivity index (χ4v) is 4.91. The number of methoxy groups -OCH3 is 1. The fraction of sp³-hybridized carbons (Fsp3) is 0.444. The van der Waals surface area contributed by atoms with Gasteiger partial charge in [0, 0.05) is 57.4 Å². The highest BCUT2D eigenvalue weighted by atomic mass is 19.1. The van der Waals surface area contributed by atoms with E-state index in [2.05, 4.69) is 6.58 Å². The molecule has 2 saturated heterocycles. The van der Waals surface area contributed by atoms with Crippen molar-refractivity contribution in [2.24, 2.45) is 0 Å².